The Bertz CT molecular complexity index is 774. The van der Waals surface area contributed by atoms with Gasteiger partial charge in [-0.2, -0.15) is 0 Å². The first-order valence-electron chi connectivity index (χ1n) is 9.52. The molecule has 25 heavy (non-hydrogen) atoms. The smallest absolute Gasteiger partial charge is 0.0909 e. The zero-order valence-electron chi connectivity index (χ0n) is 16.1. The van der Waals surface area contributed by atoms with E-state index in [1.807, 2.05) is 6.34 Å². The van der Waals surface area contributed by atoms with Crippen LogP contribution in [-0.2, 0) is 19.3 Å². The summed E-state index contributed by atoms with van der Waals surface area (Å²) in [5.41, 5.74) is 9.64. The number of fused-ring (bicyclic) bond motifs is 1. The van der Waals surface area contributed by atoms with Gasteiger partial charge in [0, 0.05) is 13.6 Å². The molecule has 2 heteroatoms. The molecule has 0 aromatic heterocycles. The van der Waals surface area contributed by atoms with Gasteiger partial charge in [0.1, 0.15) is 0 Å². The first-order chi connectivity index (χ1) is 12.1. The molecule has 1 aliphatic rings. The van der Waals surface area contributed by atoms with Crippen molar-refractivity contribution in [3.63, 3.8) is 0 Å². The lowest BCUT2D eigenvalue weighted by molar-refractivity contribution is 0.552. The number of nitrogens with zero attached hydrogens (tertiary/aromatic N) is 2. The maximum absolute atomic E-state index is 4.64. The van der Waals surface area contributed by atoms with Gasteiger partial charge in [-0.1, -0.05) is 24.3 Å². The molecular formula is C23H30N2. The van der Waals surface area contributed by atoms with Gasteiger partial charge in [-0.25, -0.2) is 4.99 Å². The minimum absolute atomic E-state index is 0.970. The van der Waals surface area contributed by atoms with E-state index in [0.29, 0.717) is 0 Å². The van der Waals surface area contributed by atoms with Crippen molar-refractivity contribution in [3.05, 3.63) is 63.7 Å². The number of aliphatic imine (C=N–C) groups is 1. The third-order valence-corrected chi connectivity index (χ3v) is 5.35. The average Bonchev–Trinajstić information content (AvgIpc) is 2.63. The van der Waals surface area contributed by atoms with Gasteiger partial charge in [-0.05, 0) is 92.3 Å². The molecule has 0 radical (unpaired) electrons. The number of hydrogen-bond donors (Lipinski definition) is 0. The van der Waals surface area contributed by atoms with Gasteiger partial charge in [0.25, 0.3) is 0 Å². The Morgan fingerprint density at radius 2 is 1.76 bits per heavy atom. The molecule has 0 fully saturated rings. The highest BCUT2D eigenvalue weighted by Gasteiger charge is 2.11. The molecule has 0 atom stereocenters. The summed E-state index contributed by atoms with van der Waals surface area (Å²) in [6.07, 6.45) is 8.13. The van der Waals surface area contributed by atoms with Crippen molar-refractivity contribution < 1.29 is 0 Å². The first kappa shape index (κ1) is 17.7. The summed E-state index contributed by atoms with van der Waals surface area (Å²) < 4.78 is 0. The van der Waals surface area contributed by atoms with E-state index in [-0.39, 0.29) is 0 Å². The lowest BCUT2D eigenvalue weighted by Crippen LogP contribution is -2.14. The molecule has 0 saturated heterocycles. The number of benzene rings is 2. The summed E-state index contributed by atoms with van der Waals surface area (Å²) in [6, 6.07) is 11.6. The van der Waals surface area contributed by atoms with Crippen molar-refractivity contribution in [1.29, 1.82) is 0 Å². The van der Waals surface area contributed by atoms with Crippen molar-refractivity contribution in [3.8, 4) is 0 Å². The maximum atomic E-state index is 4.64. The lowest BCUT2D eigenvalue weighted by atomic mass is 9.88. The van der Waals surface area contributed by atoms with Crippen LogP contribution in [0.15, 0.2) is 35.3 Å². The Morgan fingerprint density at radius 1 is 1.00 bits per heavy atom. The van der Waals surface area contributed by atoms with Crippen LogP contribution in [0.4, 0.5) is 5.69 Å². The number of rotatable bonds is 5. The molecule has 0 unspecified atom stereocenters. The number of aryl methyl sites for hydroxylation is 4. The summed E-state index contributed by atoms with van der Waals surface area (Å²) in [4.78, 5) is 6.74. The van der Waals surface area contributed by atoms with Gasteiger partial charge >= 0.3 is 0 Å². The number of hydrogen-bond acceptors (Lipinski definition) is 1. The van der Waals surface area contributed by atoms with Crippen LogP contribution < -0.4 is 0 Å². The SMILES string of the molecule is CCN(C)C=Nc1cc(C)c(Cc2ccc3c(c2)CCCC3)cc1C. The summed E-state index contributed by atoms with van der Waals surface area (Å²) in [5, 5.41) is 0. The van der Waals surface area contributed by atoms with Crippen molar-refractivity contribution in [2.75, 3.05) is 13.6 Å². The Balaban J connectivity index is 1.81. The standard InChI is InChI=1S/C23H30N2/c1-5-25(4)16-24-23-13-17(2)22(12-18(23)3)15-19-10-11-20-8-6-7-9-21(20)14-19/h10-14,16H,5-9,15H2,1-4H3. The molecule has 0 spiro atoms. The second-order valence-electron chi connectivity index (χ2n) is 7.37. The second kappa shape index (κ2) is 7.86. The Morgan fingerprint density at radius 3 is 2.52 bits per heavy atom. The third kappa shape index (κ3) is 4.31. The Labute approximate surface area is 152 Å². The zero-order valence-corrected chi connectivity index (χ0v) is 16.1. The quantitative estimate of drug-likeness (QED) is 0.529. The Kier molecular flexibility index (Phi) is 5.57. The largest absolute Gasteiger partial charge is 0.366 e. The molecule has 132 valence electrons. The van der Waals surface area contributed by atoms with Crippen LogP contribution in [0, 0.1) is 13.8 Å². The molecular weight excluding hydrogens is 304 g/mol. The van der Waals surface area contributed by atoms with Gasteiger partial charge in [0.05, 0.1) is 12.0 Å². The van der Waals surface area contributed by atoms with Crippen LogP contribution in [0.3, 0.4) is 0 Å². The summed E-state index contributed by atoms with van der Waals surface area (Å²) in [5.74, 6) is 0. The minimum atomic E-state index is 0.970. The van der Waals surface area contributed by atoms with Crippen molar-refractivity contribution >= 4 is 12.0 Å². The molecule has 1 aliphatic carbocycles. The third-order valence-electron chi connectivity index (χ3n) is 5.35. The van der Waals surface area contributed by atoms with Crippen LogP contribution >= 0.6 is 0 Å². The molecule has 2 aromatic carbocycles. The molecule has 3 rings (SSSR count). The average molecular weight is 335 g/mol. The van der Waals surface area contributed by atoms with Crippen LogP contribution in [0.2, 0.25) is 0 Å². The van der Waals surface area contributed by atoms with E-state index in [9.17, 15) is 0 Å². The second-order valence-corrected chi connectivity index (χ2v) is 7.37. The molecule has 0 bridgehead atoms. The maximum Gasteiger partial charge on any atom is 0.0909 e. The highest BCUT2D eigenvalue weighted by molar-refractivity contribution is 5.64. The Hall–Kier alpha value is -2.09. The van der Waals surface area contributed by atoms with Gasteiger partial charge in [0.2, 0.25) is 0 Å². The fraction of sp³-hybridized carbons (Fsp3) is 0.435. The highest BCUT2D eigenvalue weighted by atomic mass is 15.1. The molecule has 0 aliphatic heterocycles. The van der Waals surface area contributed by atoms with E-state index in [0.717, 1.165) is 18.7 Å². The van der Waals surface area contributed by atoms with E-state index in [1.54, 1.807) is 11.1 Å². The highest BCUT2D eigenvalue weighted by Crippen LogP contribution is 2.27. The van der Waals surface area contributed by atoms with Crippen molar-refractivity contribution in [2.45, 2.75) is 52.9 Å². The van der Waals surface area contributed by atoms with E-state index in [4.69, 9.17) is 0 Å². The molecule has 0 heterocycles. The predicted molar refractivity (Wildman–Crippen MR) is 108 cm³/mol. The zero-order chi connectivity index (χ0) is 17.8. The summed E-state index contributed by atoms with van der Waals surface area (Å²) >= 11 is 0. The topological polar surface area (TPSA) is 15.6 Å². The van der Waals surface area contributed by atoms with Crippen LogP contribution in [0.25, 0.3) is 0 Å². The van der Waals surface area contributed by atoms with E-state index >= 15 is 0 Å². The van der Waals surface area contributed by atoms with E-state index < -0.39 is 0 Å². The first-order valence-corrected chi connectivity index (χ1v) is 9.52. The van der Waals surface area contributed by atoms with E-state index in [2.05, 4.69) is 68.0 Å². The summed E-state index contributed by atoms with van der Waals surface area (Å²) in [6.45, 7) is 7.47. The molecule has 2 nitrogen and oxygen atoms in total. The molecule has 2 aromatic rings. The van der Waals surface area contributed by atoms with Crippen molar-refractivity contribution in [2.24, 2.45) is 4.99 Å². The van der Waals surface area contributed by atoms with Gasteiger partial charge in [0.15, 0.2) is 0 Å². The molecule has 0 amide bonds. The van der Waals surface area contributed by atoms with Crippen LogP contribution in [0.5, 0.6) is 0 Å². The normalized spacial score (nSPS) is 13.9. The summed E-state index contributed by atoms with van der Waals surface area (Å²) in [7, 11) is 2.05. The molecule has 0 saturated carbocycles. The lowest BCUT2D eigenvalue weighted by Gasteiger charge is -2.17. The van der Waals surface area contributed by atoms with Gasteiger partial charge in [-0.15, -0.1) is 0 Å². The molecule has 0 N–H and O–H groups in total. The fourth-order valence-electron chi connectivity index (χ4n) is 3.55. The van der Waals surface area contributed by atoms with Crippen LogP contribution in [0.1, 0.15) is 53.1 Å². The van der Waals surface area contributed by atoms with Gasteiger partial charge < -0.3 is 4.90 Å². The monoisotopic (exact) mass is 334 g/mol. The fourth-order valence-corrected chi connectivity index (χ4v) is 3.55. The van der Waals surface area contributed by atoms with E-state index in [1.165, 1.54) is 47.9 Å². The van der Waals surface area contributed by atoms with Gasteiger partial charge in [-0.3, -0.25) is 0 Å². The van der Waals surface area contributed by atoms with Crippen molar-refractivity contribution in [1.82, 2.24) is 4.90 Å². The predicted octanol–water partition coefficient (Wildman–Crippen LogP) is 5.38. The minimum Gasteiger partial charge on any atom is -0.366 e. The van der Waals surface area contributed by atoms with Crippen LogP contribution in [-0.4, -0.2) is 24.8 Å².